The number of nitrogens with one attached hydrogen (secondary N) is 2. The normalized spacial score (nSPS) is 14.0. The van der Waals surface area contributed by atoms with Crippen molar-refractivity contribution in [2.45, 2.75) is 6.54 Å². The molecule has 0 spiro atoms. The number of benzene rings is 2. The van der Waals surface area contributed by atoms with Crippen molar-refractivity contribution >= 4 is 17.6 Å². The van der Waals surface area contributed by atoms with E-state index >= 15 is 0 Å². The summed E-state index contributed by atoms with van der Waals surface area (Å²) in [6.45, 7) is 5.27. The van der Waals surface area contributed by atoms with Gasteiger partial charge in [0.2, 0.25) is 0 Å². The number of carbonyl (C=O) groups excluding carboxylic acids is 2. The second-order valence-electron chi connectivity index (χ2n) is 7.54. The predicted molar refractivity (Wildman–Crippen MR) is 120 cm³/mol. The van der Waals surface area contributed by atoms with Crippen LogP contribution in [0.1, 0.15) is 15.9 Å². The Labute approximate surface area is 183 Å². The van der Waals surface area contributed by atoms with Crippen molar-refractivity contribution in [2.24, 2.45) is 0 Å². The molecule has 2 aromatic rings. The van der Waals surface area contributed by atoms with E-state index in [1.807, 2.05) is 24.3 Å². The third-order valence-electron chi connectivity index (χ3n) is 4.91. The van der Waals surface area contributed by atoms with Crippen LogP contribution in [0.3, 0.4) is 0 Å². The van der Waals surface area contributed by atoms with E-state index in [-0.39, 0.29) is 11.9 Å². The summed E-state index contributed by atoms with van der Waals surface area (Å²) >= 11 is 0. The summed E-state index contributed by atoms with van der Waals surface area (Å²) in [5.74, 6) is 0.664. The van der Waals surface area contributed by atoms with Crippen molar-refractivity contribution in [3.63, 3.8) is 0 Å². The molecule has 8 nitrogen and oxygen atoms in total. The summed E-state index contributed by atoms with van der Waals surface area (Å²) in [7, 11) is 3.38. The molecule has 0 radical (unpaired) electrons. The Morgan fingerprint density at radius 1 is 1.10 bits per heavy atom. The number of ether oxygens (including phenoxy) is 2. The van der Waals surface area contributed by atoms with Crippen LogP contribution in [0, 0.1) is 0 Å². The number of nitrogens with zero attached hydrogens (tertiary/aromatic N) is 2. The molecule has 1 fully saturated rings. The minimum absolute atomic E-state index is 0.116. The van der Waals surface area contributed by atoms with E-state index in [1.165, 1.54) is 4.90 Å². The second-order valence-corrected chi connectivity index (χ2v) is 7.54. The van der Waals surface area contributed by atoms with E-state index in [4.69, 9.17) is 9.47 Å². The zero-order valence-electron chi connectivity index (χ0n) is 18.1. The van der Waals surface area contributed by atoms with Crippen LogP contribution in [-0.4, -0.2) is 75.3 Å². The lowest BCUT2D eigenvalue weighted by atomic mass is 10.2. The van der Waals surface area contributed by atoms with Crippen molar-refractivity contribution in [3.8, 4) is 5.75 Å². The maximum atomic E-state index is 12.3. The average Bonchev–Trinajstić information content (AvgIpc) is 2.78. The smallest absolute Gasteiger partial charge is 0.319 e. The lowest BCUT2D eigenvalue weighted by molar-refractivity contribution is 0.0322. The number of hydrogen-bond donors (Lipinski definition) is 2. The van der Waals surface area contributed by atoms with Crippen molar-refractivity contribution in [3.05, 3.63) is 59.7 Å². The summed E-state index contributed by atoms with van der Waals surface area (Å²) in [5.41, 5.74) is 2.02. The standard InChI is InChI=1S/C23H30N4O4/c1-26(2)22(28)19-6-4-7-20(16-19)25-23(29)24-17-18-5-3-8-21(15-18)31-14-11-27-9-12-30-13-10-27/h3-8,15-16H,9-14,17H2,1-2H3,(H2,24,25,29). The molecule has 3 rings (SSSR count). The van der Waals surface area contributed by atoms with Crippen LogP contribution in [0.2, 0.25) is 0 Å². The third kappa shape index (κ3) is 7.27. The van der Waals surface area contributed by atoms with Crippen LogP contribution in [0.25, 0.3) is 0 Å². The van der Waals surface area contributed by atoms with Gasteiger partial charge in [-0.15, -0.1) is 0 Å². The molecule has 0 saturated carbocycles. The molecule has 0 atom stereocenters. The highest BCUT2D eigenvalue weighted by molar-refractivity contribution is 5.96. The molecular weight excluding hydrogens is 396 g/mol. The van der Waals surface area contributed by atoms with Crippen molar-refractivity contribution in [1.29, 1.82) is 0 Å². The number of hydrogen-bond acceptors (Lipinski definition) is 5. The first kappa shape index (κ1) is 22.6. The Bertz CT molecular complexity index is 881. The van der Waals surface area contributed by atoms with Crippen molar-refractivity contribution in [2.75, 3.05) is 58.9 Å². The van der Waals surface area contributed by atoms with Gasteiger partial charge in [-0.1, -0.05) is 18.2 Å². The van der Waals surface area contributed by atoms with Gasteiger partial charge in [0.05, 0.1) is 13.2 Å². The first-order valence-electron chi connectivity index (χ1n) is 10.4. The van der Waals surface area contributed by atoms with Crippen molar-refractivity contribution in [1.82, 2.24) is 15.1 Å². The van der Waals surface area contributed by atoms with Gasteiger partial charge in [0.15, 0.2) is 0 Å². The van der Waals surface area contributed by atoms with Crippen LogP contribution < -0.4 is 15.4 Å². The van der Waals surface area contributed by atoms with Gasteiger partial charge in [-0.2, -0.15) is 0 Å². The summed E-state index contributed by atoms with van der Waals surface area (Å²) in [5, 5.41) is 5.59. The molecule has 0 bridgehead atoms. The Morgan fingerprint density at radius 2 is 1.87 bits per heavy atom. The Hall–Kier alpha value is -3.10. The van der Waals surface area contributed by atoms with Crippen LogP contribution in [-0.2, 0) is 11.3 Å². The van der Waals surface area contributed by atoms with Gasteiger partial charge in [-0.25, -0.2) is 4.79 Å². The van der Waals surface area contributed by atoms with E-state index < -0.39 is 0 Å². The molecule has 0 aliphatic carbocycles. The highest BCUT2D eigenvalue weighted by Crippen LogP contribution is 2.14. The zero-order chi connectivity index (χ0) is 22.1. The molecule has 1 aliphatic heterocycles. The SMILES string of the molecule is CN(C)C(=O)c1cccc(NC(=O)NCc2cccc(OCCN3CCOCC3)c2)c1. The number of morpholine rings is 1. The number of rotatable bonds is 8. The second kappa shape index (κ2) is 11.3. The fraction of sp³-hybridized carbons (Fsp3) is 0.391. The first-order chi connectivity index (χ1) is 15.0. The molecule has 2 aromatic carbocycles. The summed E-state index contributed by atoms with van der Waals surface area (Å²) in [6.07, 6.45) is 0. The fourth-order valence-electron chi connectivity index (χ4n) is 3.21. The fourth-order valence-corrected chi connectivity index (χ4v) is 3.21. The summed E-state index contributed by atoms with van der Waals surface area (Å²) < 4.78 is 11.2. The highest BCUT2D eigenvalue weighted by Gasteiger charge is 2.11. The van der Waals surface area contributed by atoms with E-state index in [9.17, 15) is 9.59 Å². The highest BCUT2D eigenvalue weighted by atomic mass is 16.5. The molecule has 1 saturated heterocycles. The van der Waals surface area contributed by atoms with E-state index in [0.29, 0.717) is 24.4 Å². The van der Waals surface area contributed by atoms with Crippen molar-refractivity contribution < 1.29 is 19.1 Å². The minimum atomic E-state index is -0.340. The maximum Gasteiger partial charge on any atom is 0.319 e. The van der Waals surface area contributed by atoms with Crippen LogP contribution in [0.5, 0.6) is 5.75 Å². The number of carbonyl (C=O) groups is 2. The quantitative estimate of drug-likeness (QED) is 0.677. The summed E-state index contributed by atoms with van der Waals surface area (Å²) in [4.78, 5) is 28.2. The Morgan fingerprint density at radius 3 is 2.65 bits per heavy atom. The van der Waals surface area contributed by atoms with Gasteiger partial charge in [0.25, 0.3) is 5.91 Å². The first-order valence-corrected chi connectivity index (χ1v) is 10.4. The molecule has 31 heavy (non-hydrogen) atoms. The van der Waals surface area contributed by atoms with Gasteiger partial charge >= 0.3 is 6.03 Å². The van der Waals surface area contributed by atoms with Gasteiger partial charge in [-0.3, -0.25) is 9.69 Å². The molecule has 0 aromatic heterocycles. The topological polar surface area (TPSA) is 83.1 Å². The molecule has 166 valence electrons. The predicted octanol–water partition coefficient (Wildman–Crippen LogP) is 2.42. The zero-order valence-corrected chi connectivity index (χ0v) is 18.1. The van der Waals surface area contributed by atoms with E-state index in [1.54, 1.807) is 38.4 Å². The number of urea groups is 1. The molecule has 1 heterocycles. The van der Waals surface area contributed by atoms with Crippen LogP contribution >= 0.6 is 0 Å². The van der Waals surface area contributed by atoms with Gasteiger partial charge in [0.1, 0.15) is 12.4 Å². The molecular formula is C23H30N4O4. The largest absolute Gasteiger partial charge is 0.492 e. The van der Waals surface area contributed by atoms with E-state index in [2.05, 4.69) is 15.5 Å². The van der Waals surface area contributed by atoms with Gasteiger partial charge in [-0.05, 0) is 35.9 Å². The average molecular weight is 427 g/mol. The third-order valence-corrected chi connectivity index (χ3v) is 4.91. The van der Waals surface area contributed by atoms with E-state index in [0.717, 1.165) is 44.2 Å². The van der Waals surface area contributed by atoms with Crippen LogP contribution in [0.4, 0.5) is 10.5 Å². The maximum absolute atomic E-state index is 12.3. The number of anilines is 1. The Balaban J connectivity index is 1.45. The molecule has 2 N–H and O–H groups in total. The van der Waals surface area contributed by atoms with Gasteiger partial charge in [0, 0.05) is 51.5 Å². The molecule has 8 heteroatoms. The Kier molecular flexibility index (Phi) is 8.26. The number of amides is 3. The van der Waals surface area contributed by atoms with Crippen LogP contribution in [0.15, 0.2) is 48.5 Å². The molecule has 0 unspecified atom stereocenters. The molecule has 1 aliphatic rings. The van der Waals surface area contributed by atoms with Gasteiger partial charge < -0.3 is 25.0 Å². The molecule has 3 amide bonds. The lowest BCUT2D eigenvalue weighted by Gasteiger charge is -2.26. The minimum Gasteiger partial charge on any atom is -0.492 e. The summed E-state index contributed by atoms with van der Waals surface area (Å²) in [6, 6.07) is 14.2. The monoisotopic (exact) mass is 426 g/mol. The lowest BCUT2D eigenvalue weighted by Crippen LogP contribution is -2.38.